The molecule has 1 N–H and O–H groups in total. The maximum Gasteiger partial charge on any atom is 0.321 e. The Balaban J connectivity index is 1.58. The van der Waals surface area contributed by atoms with Crippen LogP contribution in [0.1, 0.15) is 39.2 Å². The Labute approximate surface area is 185 Å². The number of esters is 1. The zero-order valence-corrected chi connectivity index (χ0v) is 19.3. The molecular weight excluding hydrogens is 412 g/mol. The number of nitrogens with one attached hydrogen (secondary N) is 1. The zero-order chi connectivity index (χ0) is 22.4. The van der Waals surface area contributed by atoms with Crippen LogP contribution in [0.25, 0.3) is 11.1 Å². The van der Waals surface area contributed by atoms with E-state index in [1.807, 2.05) is 0 Å². The first-order valence-electron chi connectivity index (χ1n) is 10.9. The van der Waals surface area contributed by atoms with Crippen LogP contribution in [0.2, 0.25) is 0 Å². The summed E-state index contributed by atoms with van der Waals surface area (Å²) in [4.78, 5) is 14.2. The second-order valence-corrected chi connectivity index (χ2v) is 10.1. The van der Waals surface area contributed by atoms with Gasteiger partial charge < -0.3 is 9.64 Å². The topological polar surface area (TPSA) is 75.7 Å². The number of ether oxygens (including phenoxy) is 1. The SMILES string of the molecule is CC(C)OC(=O)CNS(=O)(=O)c1ccc(-c2ccc(CCN3CCC[C@H]3C)cc2)cc1. The van der Waals surface area contributed by atoms with Crippen LogP contribution in [-0.2, 0) is 26.0 Å². The molecule has 3 rings (SSSR count). The van der Waals surface area contributed by atoms with Crippen molar-refractivity contribution in [2.24, 2.45) is 0 Å². The van der Waals surface area contributed by atoms with Crippen molar-refractivity contribution in [2.75, 3.05) is 19.6 Å². The minimum absolute atomic E-state index is 0.116. The van der Waals surface area contributed by atoms with E-state index in [2.05, 4.69) is 40.8 Å². The van der Waals surface area contributed by atoms with E-state index < -0.39 is 16.0 Å². The number of benzene rings is 2. The van der Waals surface area contributed by atoms with Crippen LogP contribution in [-0.4, -0.2) is 51.1 Å². The molecule has 168 valence electrons. The molecule has 1 atom stereocenters. The molecule has 1 saturated heterocycles. The van der Waals surface area contributed by atoms with E-state index >= 15 is 0 Å². The molecule has 0 bridgehead atoms. The van der Waals surface area contributed by atoms with Gasteiger partial charge in [-0.05, 0) is 75.4 Å². The fraction of sp³-hybridized carbons (Fsp3) is 0.458. The molecule has 0 amide bonds. The molecule has 7 heteroatoms. The molecule has 2 aromatic carbocycles. The molecule has 0 spiro atoms. The minimum atomic E-state index is -3.77. The van der Waals surface area contributed by atoms with E-state index in [0.717, 1.165) is 24.1 Å². The van der Waals surface area contributed by atoms with Gasteiger partial charge in [-0.1, -0.05) is 36.4 Å². The third-order valence-corrected chi connectivity index (χ3v) is 7.02. The molecule has 1 fully saturated rings. The quantitative estimate of drug-likeness (QED) is 0.598. The summed E-state index contributed by atoms with van der Waals surface area (Å²) in [6, 6.07) is 15.8. The number of carbonyl (C=O) groups excluding carboxylic acids is 1. The van der Waals surface area contributed by atoms with Gasteiger partial charge in [0.25, 0.3) is 0 Å². The Kier molecular flexibility index (Phi) is 7.86. The predicted octanol–water partition coefficient (Wildman–Crippen LogP) is 3.61. The van der Waals surface area contributed by atoms with Crippen LogP contribution in [0.4, 0.5) is 0 Å². The molecule has 1 aliphatic rings. The van der Waals surface area contributed by atoms with Crippen LogP contribution in [0, 0.1) is 0 Å². The lowest BCUT2D eigenvalue weighted by Gasteiger charge is -2.20. The van der Waals surface area contributed by atoms with E-state index in [4.69, 9.17) is 4.74 Å². The maximum atomic E-state index is 12.4. The Morgan fingerprint density at radius 1 is 1.10 bits per heavy atom. The van der Waals surface area contributed by atoms with Crippen molar-refractivity contribution in [2.45, 2.75) is 57.1 Å². The van der Waals surface area contributed by atoms with Crippen LogP contribution < -0.4 is 4.72 Å². The summed E-state index contributed by atoms with van der Waals surface area (Å²) < 4.78 is 32.0. The van der Waals surface area contributed by atoms with Gasteiger partial charge >= 0.3 is 5.97 Å². The highest BCUT2D eigenvalue weighted by molar-refractivity contribution is 7.89. The molecule has 2 aromatic rings. The van der Waals surface area contributed by atoms with E-state index in [1.165, 1.54) is 24.9 Å². The number of carbonyl (C=O) groups is 1. The van der Waals surface area contributed by atoms with Crippen LogP contribution in [0.3, 0.4) is 0 Å². The number of nitrogens with zero attached hydrogens (tertiary/aromatic N) is 1. The summed E-state index contributed by atoms with van der Waals surface area (Å²) in [6.07, 6.45) is 3.34. The second kappa shape index (κ2) is 10.4. The van der Waals surface area contributed by atoms with Gasteiger partial charge in [0.15, 0.2) is 0 Å². The maximum absolute atomic E-state index is 12.4. The monoisotopic (exact) mass is 444 g/mol. The Morgan fingerprint density at radius 3 is 2.26 bits per heavy atom. The van der Waals surface area contributed by atoms with E-state index in [-0.39, 0.29) is 17.5 Å². The lowest BCUT2D eigenvalue weighted by molar-refractivity contribution is -0.145. The molecule has 0 saturated carbocycles. The van der Waals surface area contributed by atoms with Crippen molar-refractivity contribution in [3.8, 4) is 11.1 Å². The largest absolute Gasteiger partial charge is 0.462 e. The second-order valence-electron chi connectivity index (χ2n) is 8.36. The molecule has 1 aliphatic heterocycles. The van der Waals surface area contributed by atoms with Crippen LogP contribution in [0.15, 0.2) is 53.4 Å². The third-order valence-electron chi connectivity index (χ3n) is 5.60. The van der Waals surface area contributed by atoms with Gasteiger partial charge in [0.2, 0.25) is 10.0 Å². The van der Waals surface area contributed by atoms with Gasteiger partial charge in [-0.15, -0.1) is 0 Å². The van der Waals surface area contributed by atoms with Gasteiger partial charge in [-0.2, -0.15) is 4.72 Å². The van der Waals surface area contributed by atoms with Crippen molar-refractivity contribution < 1.29 is 17.9 Å². The summed E-state index contributed by atoms with van der Waals surface area (Å²) >= 11 is 0. The first kappa shape index (κ1) is 23.4. The molecule has 0 aliphatic carbocycles. The molecule has 31 heavy (non-hydrogen) atoms. The van der Waals surface area contributed by atoms with Gasteiger partial charge in [-0.3, -0.25) is 4.79 Å². The highest BCUT2D eigenvalue weighted by atomic mass is 32.2. The fourth-order valence-electron chi connectivity index (χ4n) is 3.83. The van der Waals surface area contributed by atoms with Crippen molar-refractivity contribution >= 4 is 16.0 Å². The van der Waals surface area contributed by atoms with Crippen molar-refractivity contribution in [3.63, 3.8) is 0 Å². The van der Waals surface area contributed by atoms with Crippen LogP contribution in [0.5, 0.6) is 0 Å². The molecule has 6 nitrogen and oxygen atoms in total. The number of sulfonamides is 1. The Hall–Kier alpha value is -2.22. The first-order chi connectivity index (χ1) is 14.7. The van der Waals surface area contributed by atoms with Gasteiger partial charge in [0.05, 0.1) is 11.0 Å². The molecule has 0 aromatic heterocycles. The van der Waals surface area contributed by atoms with Gasteiger partial charge in [0, 0.05) is 12.6 Å². The highest BCUT2D eigenvalue weighted by Crippen LogP contribution is 2.23. The molecular formula is C24H32N2O4S. The van der Waals surface area contributed by atoms with Gasteiger partial charge in [-0.25, -0.2) is 8.42 Å². The average molecular weight is 445 g/mol. The van der Waals surface area contributed by atoms with Crippen molar-refractivity contribution in [1.82, 2.24) is 9.62 Å². The van der Waals surface area contributed by atoms with Crippen molar-refractivity contribution in [3.05, 3.63) is 54.1 Å². The standard InChI is InChI=1S/C24H32N2O4S/c1-18(2)30-24(27)17-25-31(28,29)23-12-10-22(11-13-23)21-8-6-20(7-9-21)14-16-26-15-4-5-19(26)3/h6-13,18-19,25H,4-5,14-17H2,1-3H3/t19-/m1/s1. The number of rotatable bonds is 9. The first-order valence-corrected chi connectivity index (χ1v) is 12.4. The average Bonchev–Trinajstić information content (AvgIpc) is 3.16. The van der Waals surface area contributed by atoms with E-state index in [9.17, 15) is 13.2 Å². The Bertz CT molecular complexity index is 970. The zero-order valence-electron chi connectivity index (χ0n) is 18.5. The van der Waals surface area contributed by atoms with Crippen molar-refractivity contribution in [1.29, 1.82) is 0 Å². The van der Waals surface area contributed by atoms with E-state index in [1.54, 1.807) is 38.1 Å². The summed E-state index contributed by atoms with van der Waals surface area (Å²) in [5, 5.41) is 0. The number of hydrogen-bond donors (Lipinski definition) is 1. The summed E-state index contributed by atoms with van der Waals surface area (Å²) in [5.41, 5.74) is 3.29. The third kappa shape index (κ3) is 6.63. The summed E-state index contributed by atoms with van der Waals surface area (Å²) in [7, 11) is -3.77. The lowest BCUT2D eigenvalue weighted by atomic mass is 10.0. The number of hydrogen-bond acceptors (Lipinski definition) is 5. The molecule has 0 unspecified atom stereocenters. The summed E-state index contributed by atoms with van der Waals surface area (Å²) in [6.45, 7) is 7.62. The van der Waals surface area contributed by atoms with Crippen LogP contribution >= 0.6 is 0 Å². The normalized spacial score (nSPS) is 17.2. The smallest absolute Gasteiger partial charge is 0.321 e. The fourth-order valence-corrected chi connectivity index (χ4v) is 4.80. The molecule has 0 radical (unpaired) electrons. The lowest BCUT2D eigenvalue weighted by Crippen LogP contribution is -2.31. The molecule has 1 heterocycles. The highest BCUT2D eigenvalue weighted by Gasteiger charge is 2.19. The van der Waals surface area contributed by atoms with E-state index in [0.29, 0.717) is 6.04 Å². The minimum Gasteiger partial charge on any atom is -0.462 e. The Morgan fingerprint density at radius 2 is 1.71 bits per heavy atom. The number of likely N-dealkylation sites (tertiary alicyclic amines) is 1. The summed E-state index contributed by atoms with van der Waals surface area (Å²) in [5.74, 6) is -0.602. The predicted molar refractivity (Wildman–Crippen MR) is 122 cm³/mol. The van der Waals surface area contributed by atoms with Gasteiger partial charge in [0.1, 0.15) is 6.54 Å².